The molecule has 1 aliphatic heterocycles. The highest BCUT2D eigenvalue weighted by atomic mass is 32.1. The van der Waals surface area contributed by atoms with Gasteiger partial charge >= 0.3 is 6.61 Å². The van der Waals surface area contributed by atoms with Crippen LogP contribution in [0.25, 0.3) is 0 Å². The SMILES string of the molecule is COc1cc(CN(C)C(=O)Cc2csc(N3CCCC3=O)n2)ccc1OC(F)F. The highest BCUT2D eigenvalue weighted by molar-refractivity contribution is 7.14. The lowest BCUT2D eigenvalue weighted by molar-refractivity contribution is -0.129. The monoisotopic (exact) mass is 425 g/mol. The fraction of sp³-hybridized carbons (Fsp3) is 0.421. The Bertz CT molecular complexity index is 890. The predicted octanol–water partition coefficient (Wildman–Crippen LogP) is 3.08. The van der Waals surface area contributed by atoms with Crippen LogP contribution in [0.5, 0.6) is 11.5 Å². The third kappa shape index (κ3) is 5.20. The number of hydrogen-bond donors (Lipinski definition) is 0. The van der Waals surface area contributed by atoms with Crippen LogP contribution in [-0.4, -0.2) is 49.0 Å². The van der Waals surface area contributed by atoms with E-state index in [9.17, 15) is 18.4 Å². The molecule has 0 unspecified atom stereocenters. The average Bonchev–Trinajstić information content (AvgIpc) is 3.31. The number of alkyl halides is 2. The number of amides is 2. The van der Waals surface area contributed by atoms with Gasteiger partial charge in [0.1, 0.15) is 0 Å². The standard InChI is InChI=1S/C19H21F2N3O4S/c1-23(10-12-5-6-14(28-18(20)21)15(8-12)27-2)17(26)9-13-11-29-19(22-13)24-7-3-4-16(24)25/h5-6,8,11,18H,3-4,7,9-10H2,1-2H3. The first-order valence-corrected chi connectivity index (χ1v) is 9.85. The van der Waals surface area contributed by atoms with Gasteiger partial charge in [-0.25, -0.2) is 4.98 Å². The van der Waals surface area contributed by atoms with E-state index in [0.29, 0.717) is 29.4 Å². The Kier molecular flexibility index (Phi) is 6.63. The molecule has 1 aromatic heterocycles. The zero-order valence-corrected chi connectivity index (χ0v) is 16.9. The Morgan fingerprint density at radius 1 is 1.38 bits per heavy atom. The number of likely N-dealkylation sites (N-methyl/N-ethyl adjacent to an activating group) is 1. The zero-order valence-electron chi connectivity index (χ0n) is 16.1. The molecule has 0 saturated carbocycles. The van der Waals surface area contributed by atoms with Crippen molar-refractivity contribution in [3.63, 3.8) is 0 Å². The second-order valence-electron chi connectivity index (χ2n) is 6.56. The Balaban J connectivity index is 1.61. The quantitative estimate of drug-likeness (QED) is 0.650. The minimum absolute atomic E-state index is 0.0579. The van der Waals surface area contributed by atoms with E-state index in [4.69, 9.17) is 4.74 Å². The van der Waals surface area contributed by atoms with Gasteiger partial charge in [-0.15, -0.1) is 11.3 Å². The van der Waals surface area contributed by atoms with Gasteiger partial charge in [-0.05, 0) is 24.1 Å². The number of hydrogen-bond acceptors (Lipinski definition) is 6. The lowest BCUT2D eigenvalue weighted by atomic mass is 10.2. The first kappa shape index (κ1) is 21.0. The lowest BCUT2D eigenvalue weighted by Gasteiger charge is -2.18. The summed E-state index contributed by atoms with van der Waals surface area (Å²) >= 11 is 1.35. The van der Waals surface area contributed by atoms with Crippen molar-refractivity contribution in [3.8, 4) is 11.5 Å². The molecule has 0 radical (unpaired) electrons. The lowest BCUT2D eigenvalue weighted by Crippen LogP contribution is -2.28. The van der Waals surface area contributed by atoms with E-state index in [-0.39, 0.29) is 36.3 Å². The van der Waals surface area contributed by atoms with E-state index in [0.717, 1.165) is 6.42 Å². The third-order valence-electron chi connectivity index (χ3n) is 4.47. The molecular weight excluding hydrogens is 404 g/mol. The first-order valence-electron chi connectivity index (χ1n) is 8.98. The smallest absolute Gasteiger partial charge is 0.387 e. The van der Waals surface area contributed by atoms with Gasteiger partial charge in [0.15, 0.2) is 16.6 Å². The molecule has 3 rings (SSSR count). The maximum absolute atomic E-state index is 12.5. The molecule has 1 saturated heterocycles. The van der Waals surface area contributed by atoms with Crippen LogP contribution in [0, 0.1) is 0 Å². The van der Waals surface area contributed by atoms with Gasteiger partial charge in [-0.1, -0.05) is 6.07 Å². The summed E-state index contributed by atoms with van der Waals surface area (Å²) in [5.74, 6) is 0.0128. The van der Waals surface area contributed by atoms with Crippen LogP contribution in [0.15, 0.2) is 23.6 Å². The fourth-order valence-corrected chi connectivity index (χ4v) is 3.88. The minimum Gasteiger partial charge on any atom is -0.493 e. The molecule has 7 nitrogen and oxygen atoms in total. The van der Waals surface area contributed by atoms with Crippen molar-refractivity contribution in [2.24, 2.45) is 0 Å². The van der Waals surface area contributed by atoms with Crippen LogP contribution in [0.2, 0.25) is 0 Å². The normalized spacial score (nSPS) is 13.8. The molecule has 1 fully saturated rings. The Morgan fingerprint density at radius 2 is 2.17 bits per heavy atom. The second kappa shape index (κ2) is 9.17. The van der Waals surface area contributed by atoms with Crippen molar-refractivity contribution in [2.75, 3.05) is 25.6 Å². The summed E-state index contributed by atoms with van der Waals surface area (Å²) in [6.07, 6.45) is 1.46. The van der Waals surface area contributed by atoms with E-state index in [2.05, 4.69) is 9.72 Å². The predicted molar refractivity (Wildman–Crippen MR) is 104 cm³/mol. The number of methoxy groups -OCH3 is 1. The Labute approximate surface area is 170 Å². The third-order valence-corrected chi connectivity index (χ3v) is 5.38. The molecule has 2 aromatic rings. The Morgan fingerprint density at radius 3 is 2.83 bits per heavy atom. The number of aromatic nitrogens is 1. The van der Waals surface area contributed by atoms with E-state index in [1.165, 1.54) is 29.4 Å². The maximum atomic E-state index is 12.5. The summed E-state index contributed by atoms with van der Waals surface area (Å²) in [5.41, 5.74) is 1.32. The molecule has 10 heteroatoms. The molecular formula is C19H21F2N3O4S. The van der Waals surface area contributed by atoms with Gasteiger partial charge in [-0.3, -0.25) is 14.5 Å². The number of carbonyl (C=O) groups excluding carboxylic acids is 2. The van der Waals surface area contributed by atoms with Crippen molar-refractivity contribution in [2.45, 2.75) is 32.4 Å². The zero-order chi connectivity index (χ0) is 21.0. The van der Waals surface area contributed by atoms with Gasteiger partial charge in [0.25, 0.3) is 0 Å². The molecule has 29 heavy (non-hydrogen) atoms. The van der Waals surface area contributed by atoms with Crippen molar-refractivity contribution in [1.29, 1.82) is 0 Å². The molecule has 156 valence electrons. The number of thiazole rings is 1. The molecule has 1 aliphatic rings. The molecule has 1 aromatic carbocycles. The van der Waals surface area contributed by atoms with E-state index < -0.39 is 6.61 Å². The summed E-state index contributed by atoms with van der Waals surface area (Å²) in [6.45, 7) is -2.02. The molecule has 0 bridgehead atoms. The average molecular weight is 425 g/mol. The first-order chi connectivity index (χ1) is 13.9. The molecule has 0 N–H and O–H groups in total. The van der Waals surface area contributed by atoms with Gasteiger partial charge in [0.2, 0.25) is 11.8 Å². The van der Waals surface area contributed by atoms with Crippen LogP contribution >= 0.6 is 11.3 Å². The fourth-order valence-electron chi connectivity index (χ4n) is 3.01. The van der Waals surface area contributed by atoms with E-state index in [1.54, 1.807) is 29.5 Å². The summed E-state index contributed by atoms with van der Waals surface area (Å²) < 4.78 is 34.3. The molecule has 0 spiro atoms. The molecule has 2 amide bonds. The van der Waals surface area contributed by atoms with E-state index >= 15 is 0 Å². The molecule has 0 aliphatic carbocycles. The summed E-state index contributed by atoms with van der Waals surface area (Å²) in [6, 6.07) is 4.55. The van der Waals surface area contributed by atoms with Gasteiger partial charge in [-0.2, -0.15) is 8.78 Å². The number of rotatable bonds is 8. The summed E-state index contributed by atoms with van der Waals surface area (Å²) in [7, 11) is 3.01. The molecule has 0 atom stereocenters. The van der Waals surface area contributed by atoms with E-state index in [1.807, 2.05) is 0 Å². The highest BCUT2D eigenvalue weighted by Gasteiger charge is 2.24. The van der Waals surface area contributed by atoms with Gasteiger partial charge < -0.3 is 14.4 Å². The number of ether oxygens (including phenoxy) is 2. The summed E-state index contributed by atoms with van der Waals surface area (Å²) in [5, 5.41) is 2.41. The second-order valence-corrected chi connectivity index (χ2v) is 7.40. The number of anilines is 1. The van der Waals surface area contributed by atoms with Gasteiger partial charge in [0, 0.05) is 31.9 Å². The Hall–Kier alpha value is -2.75. The molecule has 2 heterocycles. The van der Waals surface area contributed by atoms with Crippen molar-refractivity contribution in [1.82, 2.24) is 9.88 Å². The highest BCUT2D eigenvalue weighted by Crippen LogP contribution is 2.30. The topological polar surface area (TPSA) is 72.0 Å². The number of halogens is 2. The van der Waals surface area contributed by atoms with Crippen LogP contribution in [0.4, 0.5) is 13.9 Å². The summed E-state index contributed by atoms with van der Waals surface area (Å²) in [4.78, 5) is 31.9. The van der Waals surface area contributed by atoms with Crippen LogP contribution < -0.4 is 14.4 Å². The van der Waals surface area contributed by atoms with Crippen LogP contribution in [0.3, 0.4) is 0 Å². The maximum Gasteiger partial charge on any atom is 0.387 e. The van der Waals surface area contributed by atoms with Crippen molar-refractivity contribution in [3.05, 3.63) is 34.8 Å². The van der Waals surface area contributed by atoms with Crippen LogP contribution in [-0.2, 0) is 22.6 Å². The number of nitrogens with zero attached hydrogens (tertiary/aromatic N) is 3. The van der Waals surface area contributed by atoms with Crippen molar-refractivity contribution >= 4 is 28.3 Å². The van der Waals surface area contributed by atoms with Crippen LogP contribution in [0.1, 0.15) is 24.1 Å². The largest absolute Gasteiger partial charge is 0.493 e. The van der Waals surface area contributed by atoms with Crippen molar-refractivity contribution < 1.29 is 27.8 Å². The number of benzene rings is 1. The minimum atomic E-state index is -2.95. The van der Waals surface area contributed by atoms with Gasteiger partial charge in [0.05, 0.1) is 19.2 Å². The number of carbonyl (C=O) groups is 2.